The molecule has 2 aromatic rings. The van der Waals surface area contributed by atoms with Crippen molar-refractivity contribution in [2.75, 3.05) is 38.0 Å². The molecule has 9 nitrogen and oxygen atoms in total. The standard InChI is InChI=1S/C23H33N7O2/c1-2-19-16-29(14-10-25-19)22(31)26-21-9-13-30(23(32)27-21)20-5-3-17(4-6-20)15-28-11-7-18(24)8-12-28/h3-6,9,13,18-19,25H,2,7-8,10-12,14-16,24H2,1H3,(H,26,27,31,32)/t19-/m1/s1. The first-order valence-corrected chi connectivity index (χ1v) is 11.5. The van der Waals surface area contributed by atoms with E-state index in [0.29, 0.717) is 25.2 Å². The minimum atomic E-state index is -0.424. The predicted octanol–water partition coefficient (Wildman–Crippen LogP) is 1.37. The van der Waals surface area contributed by atoms with E-state index in [4.69, 9.17) is 5.73 Å². The fourth-order valence-corrected chi connectivity index (χ4v) is 4.27. The highest BCUT2D eigenvalue weighted by molar-refractivity contribution is 5.88. The van der Waals surface area contributed by atoms with E-state index in [0.717, 1.165) is 51.1 Å². The first-order valence-electron chi connectivity index (χ1n) is 11.5. The Bertz CT molecular complexity index is 967. The molecule has 0 unspecified atom stereocenters. The molecule has 2 amide bonds. The van der Waals surface area contributed by atoms with Gasteiger partial charge in [0.1, 0.15) is 5.82 Å². The maximum absolute atomic E-state index is 12.6. The van der Waals surface area contributed by atoms with Crippen molar-refractivity contribution in [3.63, 3.8) is 0 Å². The smallest absolute Gasteiger partial charge is 0.328 e. The maximum Gasteiger partial charge on any atom is 0.354 e. The van der Waals surface area contributed by atoms with Crippen LogP contribution in [0.4, 0.5) is 10.6 Å². The molecule has 1 aromatic carbocycles. The largest absolute Gasteiger partial charge is 0.354 e. The van der Waals surface area contributed by atoms with Crippen LogP contribution in [0.2, 0.25) is 0 Å². The van der Waals surface area contributed by atoms with Crippen LogP contribution in [0, 0.1) is 0 Å². The van der Waals surface area contributed by atoms with E-state index in [-0.39, 0.29) is 11.8 Å². The second kappa shape index (κ2) is 10.2. The van der Waals surface area contributed by atoms with Crippen LogP contribution in [0.15, 0.2) is 41.3 Å². The molecule has 172 valence electrons. The second-order valence-corrected chi connectivity index (χ2v) is 8.68. The molecule has 1 atom stereocenters. The Kier molecular flexibility index (Phi) is 7.19. The third kappa shape index (κ3) is 5.53. The van der Waals surface area contributed by atoms with Gasteiger partial charge in [-0.2, -0.15) is 4.98 Å². The Morgan fingerprint density at radius 2 is 1.94 bits per heavy atom. The summed E-state index contributed by atoms with van der Waals surface area (Å²) in [5.74, 6) is 0.266. The van der Waals surface area contributed by atoms with Crippen molar-refractivity contribution in [2.24, 2.45) is 5.73 Å². The molecule has 32 heavy (non-hydrogen) atoms. The van der Waals surface area contributed by atoms with Gasteiger partial charge in [-0.1, -0.05) is 19.1 Å². The summed E-state index contributed by atoms with van der Waals surface area (Å²) < 4.78 is 1.48. The van der Waals surface area contributed by atoms with Gasteiger partial charge in [0.15, 0.2) is 0 Å². The molecule has 2 aliphatic heterocycles. The number of piperidine rings is 1. The lowest BCUT2D eigenvalue weighted by atomic mass is 10.1. The molecule has 4 rings (SSSR count). The number of rotatable bonds is 5. The van der Waals surface area contributed by atoms with Crippen molar-refractivity contribution in [3.05, 3.63) is 52.6 Å². The van der Waals surface area contributed by atoms with Crippen LogP contribution in [0.1, 0.15) is 31.7 Å². The van der Waals surface area contributed by atoms with Gasteiger partial charge in [0.05, 0.1) is 5.69 Å². The van der Waals surface area contributed by atoms with Crippen LogP contribution in [0.5, 0.6) is 0 Å². The lowest BCUT2D eigenvalue weighted by molar-refractivity contribution is 0.188. The average Bonchev–Trinajstić information content (AvgIpc) is 2.81. The molecule has 2 fully saturated rings. The van der Waals surface area contributed by atoms with Gasteiger partial charge in [0.2, 0.25) is 0 Å². The number of hydrogen-bond donors (Lipinski definition) is 3. The summed E-state index contributed by atoms with van der Waals surface area (Å²) in [5, 5.41) is 6.14. The first kappa shape index (κ1) is 22.4. The average molecular weight is 440 g/mol. The zero-order valence-electron chi connectivity index (χ0n) is 18.7. The van der Waals surface area contributed by atoms with E-state index in [2.05, 4.69) is 27.4 Å². The van der Waals surface area contributed by atoms with E-state index in [1.807, 2.05) is 24.3 Å². The van der Waals surface area contributed by atoms with E-state index in [1.54, 1.807) is 17.2 Å². The summed E-state index contributed by atoms with van der Waals surface area (Å²) in [6.45, 7) is 7.07. The first-order chi connectivity index (χ1) is 15.5. The maximum atomic E-state index is 12.6. The molecule has 0 saturated carbocycles. The summed E-state index contributed by atoms with van der Waals surface area (Å²) in [4.78, 5) is 33.4. The summed E-state index contributed by atoms with van der Waals surface area (Å²) in [5.41, 5.74) is 7.51. The topological polar surface area (TPSA) is 109 Å². The minimum Gasteiger partial charge on any atom is -0.328 e. The summed E-state index contributed by atoms with van der Waals surface area (Å²) in [6.07, 6.45) is 4.69. The number of urea groups is 1. The number of piperazine rings is 1. The number of hydrogen-bond acceptors (Lipinski definition) is 6. The highest BCUT2D eigenvalue weighted by Gasteiger charge is 2.22. The van der Waals surface area contributed by atoms with Gasteiger partial charge >= 0.3 is 11.7 Å². The van der Waals surface area contributed by atoms with Crippen LogP contribution in [0.25, 0.3) is 5.69 Å². The molecule has 3 heterocycles. The van der Waals surface area contributed by atoms with Crippen LogP contribution < -0.4 is 22.1 Å². The van der Waals surface area contributed by atoms with E-state index < -0.39 is 5.69 Å². The van der Waals surface area contributed by atoms with Crippen molar-refractivity contribution in [2.45, 2.75) is 44.8 Å². The number of benzene rings is 1. The highest BCUT2D eigenvalue weighted by Crippen LogP contribution is 2.15. The highest BCUT2D eigenvalue weighted by atomic mass is 16.2. The molecule has 0 spiro atoms. The van der Waals surface area contributed by atoms with Gasteiger partial charge in [-0.3, -0.25) is 14.8 Å². The van der Waals surface area contributed by atoms with Crippen molar-refractivity contribution < 1.29 is 4.79 Å². The third-order valence-electron chi connectivity index (χ3n) is 6.33. The number of likely N-dealkylation sites (tertiary alicyclic amines) is 1. The van der Waals surface area contributed by atoms with E-state index in [9.17, 15) is 9.59 Å². The number of nitrogens with zero attached hydrogens (tertiary/aromatic N) is 4. The molecule has 0 bridgehead atoms. The van der Waals surface area contributed by atoms with Gasteiger partial charge in [0, 0.05) is 44.5 Å². The van der Waals surface area contributed by atoms with Crippen LogP contribution in [-0.4, -0.2) is 70.2 Å². The number of anilines is 1. The van der Waals surface area contributed by atoms with Crippen molar-refractivity contribution in [1.82, 2.24) is 24.7 Å². The Morgan fingerprint density at radius 3 is 2.62 bits per heavy atom. The van der Waals surface area contributed by atoms with Crippen LogP contribution in [0.3, 0.4) is 0 Å². The van der Waals surface area contributed by atoms with Gasteiger partial charge in [-0.05, 0) is 56.1 Å². The van der Waals surface area contributed by atoms with Gasteiger partial charge in [0.25, 0.3) is 0 Å². The molecule has 2 aliphatic rings. The number of aromatic nitrogens is 2. The van der Waals surface area contributed by atoms with E-state index in [1.165, 1.54) is 10.1 Å². The predicted molar refractivity (Wildman–Crippen MR) is 125 cm³/mol. The molecule has 9 heteroatoms. The lowest BCUT2D eigenvalue weighted by Crippen LogP contribution is -2.53. The Labute approximate surface area is 188 Å². The molecular formula is C23H33N7O2. The summed E-state index contributed by atoms with van der Waals surface area (Å²) in [6, 6.07) is 10.00. The normalized spacial score (nSPS) is 20.3. The monoisotopic (exact) mass is 439 g/mol. The molecular weight excluding hydrogens is 406 g/mol. The van der Waals surface area contributed by atoms with Crippen molar-refractivity contribution in [3.8, 4) is 5.69 Å². The van der Waals surface area contributed by atoms with Crippen LogP contribution >= 0.6 is 0 Å². The SMILES string of the molecule is CC[C@@H]1CN(C(=O)Nc2ccn(-c3ccc(CN4CCC(N)CC4)cc3)c(=O)n2)CCN1. The van der Waals surface area contributed by atoms with Gasteiger partial charge in [-0.25, -0.2) is 9.59 Å². The number of nitrogens with two attached hydrogens (primary N) is 1. The van der Waals surface area contributed by atoms with Crippen LogP contribution in [-0.2, 0) is 6.54 Å². The Balaban J connectivity index is 1.37. The van der Waals surface area contributed by atoms with Crippen molar-refractivity contribution in [1.29, 1.82) is 0 Å². The van der Waals surface area contributed by atoms with E-state index >= 15 is 0 Å². The Hall–Kier alpha value is -2.75. The fourth-order valence-electron chi connectivity index (χ4n) is 4.27. The molecule has 2 saturated heterocycles. The summed E-state index contributed by atoms with van der Waals surface area (Å²) in [7, 11) is 0. The number of nitrogens with one attached hydrogen (secondary N) is 2. The molecule has 0 radical (unpaired) electrons. The number of carbonyl (C=O) groups excluding carboxylic acids is 1. The Morgan fingerprint density at radius 1 is 1.19 bits per heavy atom. The minimum absolute atomic E-state index is 0.224. The fraction of sp³-hybridized carbons (Fsp3) is 0.522. The number of amides is 2. The second-order valence-electron chi connectivity index (χ2n) is 8.68. The molecule has 0 aliphatic carbocycles. The zero-order chi connectivity index (χ0) is 22.5. The zero-order valence-corrected chi connectivity index (χ0v) is 18.7. The van der Waals surface area contributed by atoms with Gasteiger partial charge in [-0.15, -0.1) is 0 Å². The lowest BCUT2D eigenvalue weighted by Gasteiger charge is -2.33. The quantitative estimate of drug-likeness (QED) is 0.649. The third-order valence-corrected chi connectivity index (χ3v) is 6.33. The molecule has 1 aromatic heterocycles. The van der Waals surface area contributed by atoms with Gasteiger partial charge < -0.3 is 16.0 Å². The summed E-state index contributed by atoms with van der Waals surface area (Å²) >= 11 is 0. The molecule has 4 N–H and O–H groups in total. The number of carbonyl (C=O) groups is 1. The van der Waals surface area contributed by atoms with Crippen molar-refractivity contribution >= 4 is 11.8 Å².